The Morgan fingerprint density at radius 3 is 3.00 bits per heavy atom. The van der Waals surface area contributed by atoms with Crippen LogP contribution in [0.25, 0.3) is 0 Å². The molecule has 1 aliphatic rings. The van der Waals surface area contributed by atoms with E-state index in [0.717, 1.165) is 13.0 Å². The monoisotopic (exact) mass is 129 g/mol. The fourth-order valence-electron chi connectivity index (χ4n) is 0.897. The first-order valence-electron chi connectivity index (χ1n) is 3.13. The minimum Gasteiger partial charge on any atom is -0.377 e. The summed E-state index contributed by atoms with van der Waals surface area (Å²) in [5.74, 6) is 0. The number of ether oxygens (including phenoxy) is 1. The predicted octanol–water partition coefficient (Wildman–Crippen LogP) is -0.137. The van der Waals surface area contributed by atoms with Gasteiger partial charge >= 0.3 is 0 Å². The number of nitrogens with zero attached hydrogens (tertiary/aromatic N) is 1. The first kappa shape index (κ1) is 6.55. The predicted molar refractivity (Wildman–Crippen MR) is 33.1 cm³/mol. The molecule has 1 amide bonds. The molecule has 9 heavy (non-hydrogen) atoms. The molecular formula is C6H11NO2. The number of amides is 1. The fraction of sp³-hybridized carbons (Fsp3) is 0.833. The van der Waals surface area contributed by atoms with Crippen molar-refractivity contribution in [2.75, 3.05) is 19.8 Å². The molecule has 52 valence electrons. The lowest BCUT2D eigenvalue weighted by molar-refractivity contribution is -0.125. The summed E-state index contributed by atoms with van der Waals surface area (Å²) in [5.41, 5.74) is 0. The lowest BCUT2D eigenvalue weighted by Crippen LogP contribution is -2.42. The molecule has 3 nitrogen and oxygen atoms in total. The number of rotatable bonds is 1. The first-order valence-corrected chi connectivity index (χ1v) is 3.13. The summed E-state index contributed by atoms with van der Waals surface area (Å²) in [7, 11) is 0. The van der Waals surface area contributed by atoms with E-state index >= 15 is 0 Å². The molecule has 1 fully saturated rings. The van der Waals surface area contributed by atoms with E-state index in [4.69, 9.17) is 4.74 Å². The number of hydrogen-bond donors (Lipinski definition) is 0. The molecule has 0 saturated carbocycles. The smallest absolute Gasteiger partial charge is 0.210 e. The summed E-state index contributed by atoms with van der Waals surface area (Å²) in [5, 5.41) is 0. The van der Waals surface area contributed by atoms with Gasteiger partial charge < -0.3 is 9.64 Å². The van der Waals surface area contributed by atoms with E-state index in [1.54, 1.807) is 4.90 Å². The number of hydrogen-bond acceptors (Lipinski definition) is 2. The maximum absolute atomic E-state index is 10.2. The molecule has 0 radical (unpaired) electrons. The zero-order valence-corrected chi connectivity index (χ0v) is 5.54. The third-order valence-corrected chi connectivity index (χ3v) is 1.55. The van der Waals surface area contributed by atoms with Crippen LogP contribution in [0.5, 0.6) is 0 Å². The Balaban J connectivity index is 2.38. The maximum atomic E-state index is 10.2. The van der Waals surface area contributed by atoms with Crippen molar-refractivity contribution < 1.29 is 9.53 Å². The second-order valence-corrected chi connectivity index (χ2v) is 2.27. The molecule has 1 atom stereocenters. The van der Waals surface area contributed by atoms with Gasteiger partial charge in [-0.2, -0.15) is 0 Å². The van der Waals surface area contributed by atoms with E-state index in [9.17, 15) is 4.79 Å². The van der Waals surface area contributed by atoms with Crippen molar-refractivity contribution in [3.8, 4) is 0 Å². The van der Waals surface area contributed by atoms with Gasteiger partial charge in [0.2, 0.25) is 6.41 Å². The highest BCUT2D eigenvalue weighted by Crippen LogP contribution is 2.01. The molecule has 0 aromatic carbocycles. The summed E-state index contributed by atoms with van der Waals surface area (Å²) >= 11 is 0. The molecule has 0 N–H and O–H groups in total. The van der Waals surface area contributed by atoms with Crippen molar-refractivity contribution in [1.82, 2.24) is 4.90 Å². The van der Waals surface area contributed by atoms with Crippen LogP contribution in [0.4, 0.5) is 0 Å². The maximum Gasteiger partial charge on any atom is 0.210 e. The molecule has 0 bridgehead atoms. The lowest BCUT2D eigenvalue weighted by atomic mass is 10.3. The van der Waals surface area contributed by atoms with Gasteiger partial charge in [0.05, 0.1) is 19.3 Å². The number of carbonyl (C=O) groups is 1. The minimum absolute atomic E-state index is 0.260. The molecular weight excluding hydrogens is 118 g/mol. The van der Waals surface area contributed by atoms with Crippen molar-refractivity contribution in [2.45, 2.75) is 13.0 Å². The second-order valence-electron chi connectivity index (χ2n) is 2.27. The zero-order valence-electron chi connectivity index (χ0n) is 5.54. The largest absolute Gasteiger partial charge is 0.377 e. The van der Waals surface area contributed by atoms with E-state index < -0.39 is 0 Å². The van der Waals surface area contributed by atoms with Crippen molar-refractivity contribution in [3.05, 3.63) is 0 Å². The summed E-state index contributed by atoms with van der Waals surface area (Å²) in [4.78, 5) is 12.0. The van der Waals surface area contributed by atoms with Crippen LogP contribution in [0.3, 0.4) is 0 Å². The van der Waals surface area contributed by atoms with Crippen molar-refractivity contribution in [3.63, 3.8) is 0 Å². The standard InChI is InChI=1S/C6H11NO2/c1-6-4-9-3-2-7(6)5-8/h5-6H,2-4H2,1H3/t6-/m0/s1. The summed E-state index contributed by atoms with van der Waals surface area (Å²) < 4.78 is 5.11. The Kier molecular flexibility index (Phi) is 2.05. The second kappa shape index (κ2) is 2.82. The molecule has 0 aromatic rings. The first-order chi connectivity index (χ1) is 4.34. The van der Waals surface area contributed by atoms with E-state index in [-0.39, 0.29) is 6.04 Å². The minimum atomic E-state index is 0.260. The van der Waals surface area contributed by atoms with Gasteiger partial charge in [0.1, 0.15) is 0 Å². The molecule has 0 aliphatic carbocycles. The van der Waals surface area contributed by atoms with Gasteiger partial charge in [-0.05, 0) is 6.92 Å². The summed E-state index contributed by atoms with van der Waals surface area (Å²) in [6.45, 7) is 4.08. The molecule has 0 aromatic heterocycles. The van der Waals surface area contributed by atoms with Gasteiger partial charge in [0, 0.05) is 6.54 Å². The molecule has 3 heteroatoms. The molecule has 1 rings (SSSR count). The molecule has 0 spiro atoms. The van der Waals surface area contributed by atoms with Crippen LogP contribution in [0.2, 0.25) is 0 Å². The van der Waals surface area contributed by atoms with Gasteiger partial charge in [0.15, 0.2) is 0 Å². The third kappa shape index (κ3) is 1.42. The lowest BCUT2D eigenvalue weighted by Gasteiger charge is -2.29. The number of carbonyl (C=O) groups excluding carboxylic acids is 1. The normalized spacial score (nSPS) is 28.1. The van der Waals surface area contributed by atoms with Crippen molar-refractivity contribution in [2.24, 2.45) is 0 Å². The molecule has 1 aliphatic heterocycles. The highest BCUT2D eigenvalue weighted by molar-refractivity contribution is 5.47. The zero-order chi connectivity index (χ0) is 6.69. The van der Waals surface area contributed by atoms with Gasteiger partial charge in [0.25, 0.3) is 0 Å². The van der Waals surface area contributed by atoms with Crippen molar-refractivity contribution >= 4 is 6.41 Å². The Bertz CT molecular complexity index is 105. The Labute approximate surface area is 54.6 Å². The highest BCUT2D eigenvalue weighted by Gasteiger charge is 2.15. The van der Waals surface area contributed by atoms with Crippen LogP contribution >= 0.6 is 0 Å². The van der Waals surface area contributed by atoms with Crippen LogP contribution in [0.1, 0.15) is 6.92 Å². The fourth-order valence-corrected chi connectivity index (χ4v) is 0.897. The molecule has 0 unspecified atom stereocenters. The number of morpholine rings is 1. The average molecular weight is 129 g/mol. The van der Waals surface area contributed by atoms with Crippen LogP contribution < -0.4 is 0 Å². The van der Waals surface area contributed by atoms with Crippen LogP contribution in [0.15, 0.2) is 0 Å². The highest BCUT2D eigenvalue weighted by atomic mass is 16.5. The molecule has 1 saturated heterocycles. The van der Waals surface area contributed by atoms with Gasteiger partial charge in [-0.25, -0.2) is 0 Å². The van der Waals surface area contributed by atoms with Gasteiger partial charge in [-0.3, -0.25) is 4.79 Å². The third-order valence-electron chi connectivity index (χ3n) is 1.55. The van der Waals surface area contributed by atoms with E-state index in [2.05, 4.69) is 0 Å². The van der Waals surface area contributed by atoms with Crippen molar-refractivity contribution in [1.29, 1.82) is 0 Å². The Morgan fingerprint density at radius 2 is 2.56 bits per heavy atom. The SMILES string of the molecule is C[C@H]1COCCN1C=O. The summed E-state index contributed by atoms with van der Waals surface area (Å²) in [6.07, 6.45) is 0.882. The average Bonchev–Trinajstić information content (AvgIpc) is 1.89. The van der Waals surface area contributed by atoms with Gasteiger partial charge in [-0.1, -0.05) is 0 Å². The van der Waals surface area contributed by atoms with E-state index in [1.165, 1.54) is 0 Å². The van der Waals surface area contributed by atoms with Crippen LogP contribution in [0, 0.1) is 0 Å². The summed E-state index contributed by atoms with van der Waals surface area (Å²) in [6, 6.07) is 0.260. The van der Waals surface area contributed by atoms with Crippen LogP contribution in [-0.2, 0) is 9.53 Å². The molecule has 1 heterocycles. The Morgan fingerprint density at radius 1 is 1.78 bits per heavy atom. The van der Waals surface area contributed by atoms with Gasteiger partial charge in [-0.15, -0.1) is 0 Å². The quantitative estimate of drug-likeness (QED) is 0.461. The topological polar surface area (TPSA) is 29.5 Å². The van der Waals surface area contributed by atoms with Crippen LogP contribution in [-0.4, -0.2) is 37.1 Å². The Hall–Kier alpha value is -0.570. The van der Waals surface area contributed by atoms with E-state index in [0.29, 0.717) is 13.2 Å². The van der Waals surface area contributed by atoms with E-state index in [1.807, 2.05) is 6.92 Å².